The first kappa shape index (κ1) is 15.9. The minimum absolute atomic E-state index is 0.0796. The smallest absolute Gasteiger partial charge is 0.318 e. The van der Waals surface area contributed by atoms with Gasteiger partial charge in [-0.25, -0.2) is 0 Å². The van der Waals surface area contributed by atoms with Crippen molar-refractivity contribution in [3.8, 4) is 0 Å². The molecule has 0 saturated heterocycles. The Kier molecular flexibility index (Phi) is 6.24. The monoisotopic (exact) mass is 269 g/mol. The Hall–Kier alpha value is -1.14. The van der Waals surface area contributed by atoms with E-state index in [2.05, 4.69) is 53.3 Å². The zero-order valence-corrected chi connectivity index (χ0v) is 13.0. The Morgan fingerprint density at radius 1 is 1.16 bits per heavy atom. The van der Waals surface area contributed by atoms with E-state index in [-0.39, 0.29) is 6.04 Å². The number of hydrogen-bond acceptors (Lipinski definition) is 6. The molecule has 19 heavy (non-hydrogen) atoms. The van der Waals surface area contributed by atoms with Crippen molar-refractivity contribution in [1.29, 1.82) is 0 Å². The number of hydrogen-bond donors (Lipinski definition) is 1. The molecule has 0 aliphatic rings. The first-order valence-corrected chi connectivity index (χ1v) is 6.84. The second kappa shape index (κ2) is 7.45. The Bertz CT molecular complexity index is 364. The molecule has 1 N–H and O–H groups in total. The van der Waals surface area contributed by atoms with Crippen LogP contribution in [0.2, 0.25) is 0 Å². The molecule has 6 heteroatoms. The van der Waals surface area contributed by atoms with Crippen LogP contribution in [0.5, 0.6) is 0 Å². The maximum absolute atomic E-state index is 5.75. The summed E-state index contributed by atoms with van der Waals surface area (Å²) in [7, 11) is 6.01. The summed E-state index contributed by atoms with van der Waals surface area (Å²) in [4.78, 5) is 4.31. The van der Waals surface area contributed by atoms with Gasteiger partial charge in [-0.15, -0.1) is 5.10 Å². The molecular weight excluding hydrogens is 242 g/mol. The Labute approximate surface area is 116 Å². The van der Waals surface area contributed by atoms with Crippen LogP contribution >= 0.6 is 0 Å². The predicted molar refractivity (Wildman–Crippen MR) is 77.4 cm³/mol. The molecule has 1 aromatic rings. The van der Waals surface area contributed by atoms with Crippen molar-refractivity contribution in [3.63, 3.8) is 0 Å². The minimum Gasteiger partial charge on any atom is -0.406 e. The molecule has 0 bridgehead atoms. The second-order valence-corrected chi connectivity index (χ2v) is 5.58. The van der Waals surface area contributed by atoms with Gasteiger partial charge in [0.1, 0.15) is 0 Å². The van der Waals surface area contributed by atoms with Crippen LogP contribution in [0, 0.1) is 5.92 Å². The van der Waals surface area contributed by atoms with Gasteiger partial charge in [0.05, 0.1) is 6.04 Å². The van der Waals surface area contributed by atoms with Crippen LogP contribution in [0.15, 0.2) is 4.42 Å². The maximum Gasteiger partial charge on any atom is 0.318 e. The molecule has 1 heterocycles. The molecule has 0 aliphatic heterocycles. The normalized spacial score (nSPS) is 13.3. The zero-order valence-electron chi connectivity index (χ0n) is 13.0. The molecule has 0 saturated carbocycles. The van der Waals surface area contributed by atoms with Crippen molar-refractivity contribution in [2.24, 2.45) is 5.92 Å². The first-order chi connectivity index (χ1) is 8.93. The van der Waals surface area contributed by atoms with Crippen LogP contribution in [0.25, 0.3) is 0 Å². The predicted octanol–water partition coefficient (Wildman–Crippen LogP) is 1.37. The highest BCUT2D eigenvalue weighted by Crippen LogP contribution is 2.17. The molecule has 1 aromatic heterocycles. The van der Waals surface area contributed by atoms with Gasteiger partial charge in [0, 0.05) is 19.6 Å². The molecule has 0 aromatic carbocycles. The SMILES string of the molecule is CNC(C)c1nnc(N(CCN(C)C)CC(C)C)o1. The van der Waals surface area contributed by atoms with Crippen LogP contribution in [0.4, 0.5) is 6.01 Å². The first-order valence-electron chi connectivity index (χ1n) is 6.84. The third-order valence-electron chi connectivity index (χ3n) is 2.91. The summed E-state index contributed by atoms with van der Waals surface area (Å²) in [6.45, 7) is 9.16. The summed E-state index contributed by atoms with van der Waals surface area (Å²) in [6, 6.07) is 0.698. The zero-order chi connectivity index (χ0) is 14.4. The van der Waals surface area contributed by atoms with E-state index in [9.17, 15) is 0 Å². The molecule has 1 rings (SSSR count). The van der Waals surface area contributed by atoms with Crippen LogP contribution in [-0.2, 0) is 0 Å². The Morgan fingerprint density at radius 3 is 2.37 bits per heavy atom. The number of nitrogens with zero attached hydrogens (tertiary/aromatic N) is 4. The van der Waals surface area contributed by atoms with E-state index in [1.807, 2.05) is 14.0 Å². The fraction of sp³-hybridized carbons (Fsp3) is 0.846. The lowest BCUT2D eigenvalue weighted by Gasteiger charge is -2.23. The summed E-state index contributed by atoms with van der Waals surface area (Å²) in [5.74, 6) is 1.19. The topological polar surface area (TPSA) is 57.4 Å². The van der Waals surface area contributed by atoms with E-state index in [0.29, 0.717) is 17.8 Å². The largest absolute Gasteiger partial charge is 0.406 e. The highest BCUT2D eigenvalue weighted by Gasteiger charge is 2.18. The van der Waals surface area contributed by atoms with Crippen LogP contribution in [0.3, 0.4) is 0 Å². The van der Waals surface area contributed by atoms with E-state index in [0.717, 1.165) is 19.6 Å². The maximum atomic E-state index is 5.75. The van der Waals surface area contributed by atoms with Crippen molar-refractivity contribution in [2.45, 2.75) is 26.8 Å². The van der Waals surface area contributed by atoms with Gasteiger partial charge < -0.3 is 19.5 Å². The highest BCUT2D eigenvalue weighted by atomic mass is 16.4. The van der Waals surface area contributed by atoms with Gasteiger partial charge in [0.25, 0.3) is 0 Å². The average molecular weight is 269 g/mol. The lowest BCUT2D eigenvalue weighted by atomic mass is 10.2. The van der Waals surface area contributed by atoms with Crippen molar-refractivity contribution in [1.82, 2.24) is 20.4 Å². The molecular formula is C13H27N5O. The molecule has 0 radical (unpaired) electrons. The number of aromatic nitrogens is 2. The number of likely N-dealkylation sites (N-methyl/N-ethyl adjacent to an activating group) is 1. The third-order valence-corrected chi connectivity index (χ3v) is 2.91. The van der Waals surface area contributed by atoms with Gasteiger partial charge in [-0.05, 0) is 34.0 Å². The Balaban J connectivity index is 2.75. The molecule has 0 fully saturated rings. The van der Waals surface area contributed by atoms with Gasteiger partial charge in [-0.2, -0.15) is 0 Å². The van der Waals surface area contributed by atoms with E-state index < -0.39 is 0 Å². The number of rotatable bonds is 8. The number of nitrogens with one attached hydrogen (secondary N) is 1. The van der Waals surface area contributed by atoms with Crippen LogP contribution < -0.4 is 10.2 Å². The minimum atomic E-state index is 0.0796. The Morgan fingerprint density at radius 2 is 1.84 bits per heavy atom. The van der Waals surface area contributed by atoms with Crippen LogP contribution in [0.1, 0.15) is 32.7 Å². The van der Waals surface area contributed by atoms with Gasteiger partial charge in [0.15, 0.2) is 0 Å². The van der Waals surface area contributed by atoms with Gasteiger partial charge in [-0.1, -0.05) is 18.9 Å². The lowest BCUT2D eigenvalue weighted by Crippen LogP contribution is -2.34. The van der Waals surface area contributed by atoms with E-state index in [1.165, 1.54) is 0 Å². The molecule has 0 spiro atoms. The van der Waals surface area contributed by atoms with Gasteiger partial charge in [0.2, 0.25) is 5.89 Å². The third kappa shape index (κ3) is 5.16. The summed E-state index contributed by atoms with van der Waals surface area (Å²) in [5.41, 5.74) is 0. The molecule has 110 valence electrons. The van der Waals surface area contributed by atoms with E-state index in [4.69, 9.17) is 4.42 Å². The molecule has 0 aliphatic carbocycles. The summed E-state index contributed by atoms with van der Waals surface area (Å²) in [6.07, 6.45) is 0. The fourth-order valence-electron chi connectivity index (χ4n) is 1.68. The van der Waals surface area contributed by atoms with Crippen molar-refractivity contribution in [3.05, 3.63) is 5.89 Å². The number of anilines is 1. The molecule has 1 atom stereocenters. The van der Waals surface area contributed by atoms with Crippen molar-refractivity contribution >= 4 is 6.01 Å². The standard InChI is InChI=1S/C13H27N5O/c1-10(2)9-18(8-7-17(5)6)13-16-15-12(19-13)11(3)14-4/h10-11,14H,7-9H2,1-6H3. The van der Waals surface area contributed by atoms with Gasteiger partial charge >= 0.3 is 6.01 Å². The molecule has 1 unspecified atom stereocenters. The summed E-state index contributed by atoms with van der Waals surface area (Å²) < 4.78 is 5.75. The average Bonchev–Trinajstić information content (AvgIpc) is 2.82. The van der Waals surface area contributed by atoms with E-state index in [1.54, 1.807) is 0 Å². The van der Waals surface area contributed by atoms with Crippen molar-refractivity contribution in [2.75, 3.05) is 45.7 Å². The second-order valence-electron chi connectivity index (χ2n) is 5.58. The molecule has 0 amide bonds. The molecule has 6 nitrogen and oxygen atoms in total. The van der Waals surface area contributed by atoms with Crippen LogP contribution in [-0.4, -0.2) is 55.9 Å². The lowest BCUT2D eigenvalue weighted by molar-refractivity contribution is 0.389. The summed E-state index contributed by atoms with van der Waals surface area (Å²) >= 11 is 0. The van der Waals surface area contributed by atoms with Crippen molar-refractivity contribution < 1.29 is 4.42 Å². The fourth-order valence-corrected chi connectivity index (χ4v) is 1.68. The summed E-state index contributed by atoms with van der Waals surface area (Å²) in [5, 5.41) is 11.4. The van der Waals surface area contributed by atoms with E-state index >= 15 is 0 Å². The quantitative estimate of drug-likeness (QED) is 0.769. The van der Waals surface area contributed by atoms with Gasteiger partial charge in [-0.3, -0.25) is 0 Å². The highest BCUT2D eigenvalue weighted by molar-refractivity contribution is 5.24.